The van der Waals surface area contributed by atoms with E-state index >= 15 is 0 Å². The van der Waals surface area contributed by atoms with Crippen molar-refractivity contribution in [2.45, 2.75) is 32.7 Å². The van der Waals surface area contributed by atoms with E-state index < -0.39 is 24.0 Å². The van der Waals surface area contributed by atoms with Crippen LogP contribution in [-0.2, 0) is 14.3 Å². The number of urea groups is 1. The van der Waals surface area contributed by atoms with Crippen molar-refractivity contribution < 1.29 is 29.0 Å². The molecule has 0 aromatic heterocycles. The minimum absolute atomic E-state index is 0.143. The van der Waals surface area contributed by atoms with Crippen LogP contribution in [-0.4, -0.2) is 42.6 Å². The molecule has 2 rings (SSSR count). The van der Waals surface area contributed by atoms with E-state index in [0.29, 0.717) is 29.2 Å². The maximum atomic E-state index is 12.7. The lowest BCUT2D eigenvalue weighted by Gasteiger charge is -2.35. The second-order valence-electron chi connectivity index (χ2n) is 6.40. The number of carbonyl (C=O) groups is 3. The van der Waals surface area contributed by atoms with Crippen molar-refractivity contribution in [3.63, 3.8) is 0 Å². The number of nitrogens with one attached hydrogen (secondary N) is 1. The molecule has 1 aromatic rings. The Labute approximate surface area is 169 Å². The lowest BCUT2D eigenvalue weighted by atomic mass is 9.94. The molecule has 0 aliphatic carbocycles. The third-order valence-electron chi connectivity index (χ3n) is 4.41. The van der Waals surface area contributed by atoms with Crippen molar-refractivity contribution in [2.24, 2.45) is 0 Å². The summed E-state index contributed by atoms with van der Waals surface area (Å²) >= 11 is 0. The fourth-order valence-electron chi connectivity index (χ4n) is 3.09. The first-order chi connectivity index (χ1) is 13.9. The van der Waals surface area contributed by atoms with E-state index in [2.05, 4.69) is 11.9 Å². The smallest absolute Gasteiger partial charge is 0.338 e. The van der Waals surface area contributed by atoms with E-state index in [1.54, 1.807) is 44.2 Å². The van der Waals surface area contributed by atoms with E-state index in [1.165, 1.54) is 4.90 Å². The molecule has 8 heteroatoms. The number of hydrogen-bond acceptors (Lipinski definition) is 6. The Morgan fingerprint density at radius 2 is 2.14 bits per heavy atom. The lowest BCUT2D eigenvalue weighted by molar-refractivity contribution is -0.305. The van der Waals surface area contributed by atoms with Gasteiger partial charge in [-0.2, -0.15) is 0 Å². The molecule has 156 valence electrons. The van der Waals surface area contributed by atoms with Crippen LogP contribution in [0.15, 0.2) is 48.2 Å². The molecule has 0 fully saturated rings. The van der Waals surface area contributed by atoms with Crippen LogP contribution < -0.4 is 15.2 Å². The number of ether oxygens (including phenoxy) is 2. The highest BCUT2D eigenvalue weighted by atomic mass is 16.5. The van der Waals surface area contributed by atoms with E-state index in [4.69, 9.17) is 9.47 Å². The molecule has 1 aromatic carbocycles. The minimum atomic E-state index is -1.19. The number of carbonyl (C=O) groups excluding carboxylic acids is 3. The number of hydrogen-bond donors (Lipinski definition) is 1. The largest absolute Gasteiger partial charge is 0.550 e. The molecule has 0 spiro atoms. The van der Waals surface area contributed by atoms with Gasteiger partial charge in [0.05, 0.1) is 18.2 Å². The summed E-state index contributed by atoms with van der Waals surface area (Å²) in [4.78, 5) is 37.4. The maximum absolute atomic E-state index is 12.7. The molecule has 0 saturated heterocycles. The van der Waals surface area contributed by atoms with Crippen LogP contribution in [0.25, 0.3) is 0 Å². The van der Waals surface area contributed by atoms with E-state index in [9.17, 15) is 19.5 Å². The van der Waals surface area contributed by atoms with Crippen LogP contribution in [0.2, 0.25) is 0 Å². The molecule has 29 heavy (non-hydrogen) atoms. The van der Waals surface area contributed by atoms with Gasteiger partial charge in [-0.1, -0.05) is 24.8 Å². The van der Waals surface area contributed by atoms with Crippen molar-refractivity contribution in [3.05, 3.63) is 53.8 Å². The van der Waals surface area contributed by atoms with Gasteiger partial charge < -0.3 is 24.7 Å². The van der Waals surface area contributed by atoms with Crippen LogP contribution in [0.4, 0.5) is 4.79 Å². The van der Waals surface area contributed by atoms with E-state index in [-0.39, 0.29) is 26.0 Å². The second kappa shape index (κ2) is 10.3. The van der Waals surface area contributed by atoms with Crippen LogP contribution in [0.1, 0.15) is 38.3 Å². The Bertz CT molecular complexity index is 817. The van der Waals surface area contributed by atoms with Gasteiger partial charge in [-0.25, -0.2) is 9.59 Å². The van der Waals surface area contributed by atoms with Gasteiger partial charge in [0.2, 0.25) is 0 Å². The highest BCUT2D eigenvalue weighted by Crippen LogP contribution is 2.33. The van der Waals surface area contributed by atoms with Crippen LogP contribution >= 0.6 is 0 Å². The first-order valence-corrected chi connectivity index (χ1v) is 9.38. The molecular formula is C21H25N2O6-. The number of aliphatic carboxylic acids is 1. The molecule has 0 unspecified atom stereocenters. The number of amides is 2. The predicted octanol–water partition coefficient (Wildman–Crippen LogP) is 1.68. The zero-order valence-corrected chi connectivity index (χ0v) is 16.6. The first-order valence-electron chi connectivity index (χ1n) is 9.38. The molecule has 0 saturated carbocycles. The maximum Gasteiger partial charge on any atom is 0.338 e. The van der Waals surface area contributed by atoms with Crippen molar-refractivity contribution in [3.8, 4) is 5.75 Å². The van der Waals surface area contributed by atoms with Crippen LogP contribution in [0, 0.1) is 0 Å². The zero-order chi connectivity index (χ0) is 21.4. The number of benzene rings is 1. The Balaban J connectivity index is 2.39. The Morgan fingerprint density at radius 3 is 2.79 bits per heavy atom. The van der Waals surface area contributed by atoms with E-state index in [0.717, 1.165) is 0 Å². The highest BCUT2D eigenvalue weighted by Gasteiger charge is 2.36. The number of carboxylic acids is 1. The number of nitrogens with zero attached hydrogens (tertiary/aromatic N) is 1. The Hall–Kier alpha value is -3.29. The quantitative estimate of drug-likeness (QED) is 0.472. The molecule has 0 radical (unpaired) electrons. The number of allylic oxidation sites excluding steroid dienone is 1. The molecule has 1 atom stereocenters. The van der Waals surface area contributed by atoms with Gasteiger partial charge in [-0.3, -0.25) is 4.90 Å². The molecular weight excluding hydrogens is 376 g/mol. The van der Waals surface area contributed by atoms with E-state index in [1.807, 2.05) is 0 Å². The Kier molecular flexibility index (Phi) is 7.82. The van der Waals surface area contributed by atoms with Gasteiger partial charge in [0.15, 0.2) is 0 Å². The monoisotopic (exact) mass is 401 g/mol. The van der Waals surface area contributed by atoms with Crippen molar-refractivity contribution >= 4 is 18.0 Å². The number of esters is 1. The summed E-state index contributed by atoms with van der Waals surface area (Å²) < 4.78 is 10.7. The number of rotatable bonds is 10. The second-order valence-corrected chi connectivity index (χ2v) is 6.40. The predicted molar refractivity (Wildman–Crippen MR) is 104 cm³/mol. The standard InChI is InChI=1S/C21H26N2O6/c1-4-12-29-16-9-6-8-15(13-16)19-18(20(26)28-5-2)14(3)23(21(27)22-19)11-7-10-17(24)25/h4,6,8-9,13,19H,1,5,7,10-12H2,2-3H3,(H,22,27)(H,24,25)/p-1/t19-/m0/s1. The summed E-state index contributed by atoms with van der Waals surface area (Å²) in [6.07, 6.45) is 1.64. The Morgan fingerprint density at radius 1 is 1.38 bits per heavy atom. The highest BCUT2D eigenvalue weighted by molar-refractivity contribution is 5.95. The molecule has 1 aliphatic rings. The molecule has 1 N–H and O–H groups in total. The van der Waals surface area contributed by atoms with Gasteiger partial charge in [0.25, 0.3) is 0 Å². The summed E-state index contributed by atoms with van der Waals surface area (Å²) in [5.41, 5.74) is 1.38. The van der Waals surface area contributed by atoms with Gasteiger partial charge >= 0.3 is 12.0 Å². The SMILES string of the molecule is C=CCOc1cccc([C@@H]2NC(=O)N(CCCC(=O)[O-])C(C)=C2C(=O)OCC)c1. The summed E-state index contributed by atoms with van der Waals surface area (Å²) in [7, 11) is 0. The first kappa shape index (κ1) is 22.0. The van der Waals surface area contributed by atoms with Gasteiger partial charge in [0.1, 0.15) is 12.4 Å². The normalized spacial score (nSPS) is 16.3. The zero-order valence-electron chi connectivity index (χ0n) is 16.6. The topological polar surface area (TPSA) is 108 Å². The molecule has 2 amide bonds. The van der Waals surface area contributed by atoms with Gasteiger partial charge in [-0.05, 0) is 44.4 Å². The number of carboxylic acid groups (broad SMARTS) is 1. The summed E-state index contributed by atoms with van der Waals surface area (Å²) in [6.45, 7) is 7.61. The third-order valence-corrected chi connectivity index (χ3v) is 4.41. The van der Waals surface area contributed by atoms with Crippen LogP contribution in [0.5, 0.6) is 5.75 Å². The summed E-state index contributed by atoms with van der Waals surface area (Å²) in [5, 5.41) is 13.5. The molecule has 8 nitrogen and oxygen atoms in total. The van der Waals surface area contributed by atoms with Crippen molar-refractivity contribution in [2.75, 3.05) is 19.8 Å². The average molecular weight is 401 g/mol. The fourth-order valence-corrected chi connectivity index (χ4v) is 3.09. The lowest BCUT2D eigenvalue weighted by Crippen LogP contribution is -2.48. The van der Waals surface area contributed by atoms with Crippen molar-refractivity contribution in [1.29, 1.82) is 0 Å². The average Bonchev–Trinajstić information content (AvgIpc) is 2.68. The molecule has 0 bridgehead atoms. The van der Waals surface area contributed by atoms with Crippen LogP contribution in [0.3, 0.4) is 0 Å². The van der Waals surface area contributed by atoms with Crippen molar-refractivity contribution in [1.82, 2.24) is 10.2 Å². The van der Waals surface area contributed by atoms with Gasteiger partial charge in [0, 0.05) is 18.2 Å². The van der Waals surface area contributed by atoms with Gasteiger partial charge in [-0.15, -0.1) is 0 Å². The fraction of sp³-hybridized carbons (Fsp3) is 0.381. The minimum Gasteiger partial charge on any atom is -0.550 e. The molecule has 1 aliphatic heterocycles. The summed E-state index contributed by atoms with van der Waals surface area (Å²) in [5.74, 6) is -1.16. The summed E-state index contributed by atoms with van der Waals surface area (Å²) in [6, 6.07) is 5.92. The molecule has 1 heterocycles. The third kappa shape index (κ3) is 5.60.